The molecular weight excluding hydrogens is 501 g/mol. The zero-order valence-corrected chi connectivity index (χ0v) is 20.3. The molecule has 34 heavy (non-hydrogen) atoms. The molecule has 3 aromatic rings. The van der Waals surface area contributed by atoms with Gasteiger partial charge in [-0.15, -0.1) is 0 Å². The number of methoxy groups -OCH3 is 1. The van der Waals surface area contributed by atoms with Crippen molar-refractivity contribution in [3.05, 3.63) is 81.8 Å². The predicted molar refractivity (Wildman–Crippen MR) is 130 cm³/mol. The number of nitrogens with two attached hydrogens (primary N) is 1. The highest BCUT2D eigenvalue weighted by molar-refractivity contribution is 7.93. The first-order chi connectivity index (χ1) is 16.0. The van der Waals surface area contributed by atoms with Gasteiger partial charge in [0.2, 0.25) is 5.91 Å². The lowest BCUT2D eigenvalue weighted by Gasteiger charge is -2.30. The summed E-state index contributed by atoms with van der Waals surface area (Å²) in [5.74, 6) is -1.58. The number of halogens is 2. The molecule has 4 rings (SSSR count). The van der Waals surface area contributed by atoms with Gasteiger partial charge in [-0.25, -0.2) is 8.42 Å². The molecule has 176 valence electrons. The number of carbonyl (C=O) groups excluding carboxylic acids is 2. The van der Waals surface area contributed by atoms with Crippen molar-refractivity contribution < 1.29 is 22.7 Å². The zero-order valence-electron chi connectivity index (χ0n) is 18.0. The van der Waals surface area contributed by atoms with E-state index in [0.717, 1.165) is 0 Å². The first-order valence-electron chi connectivity index (χ1n) is 9.91. The van der Waals surface area contributed by atoms with Crippen molar-refractivity contribution in [2.24, 2.45) is 0 Å². The van der Waals surface area contributed by atoms with Gasteiger partial charge in [0.25, 0.3) is 15.9 Å². The second-order valence-electron chi connectivity index (χ2n) is 7.56. The van der Waals surface area contributed by atoms with Crippen LogP contribution in [-0.2, 0) is 25.2 Å². The molecule has 8 nitrogen and oxygen atoms in total. The molecule has 0 saturated heterocycles. The third kappa shape index (κ3) is 3.56. The van der Waals surface area contributed by atoms with Gasteiger partial charge in [0.05, 0.1) is 12.8 Å². The molecule has 0 bridgehead atoms. The topological polar surface area (TPSA) is 119 Å². The fraction of sp³-hybridized carbons (Fsp3) is 0.130. The number of carbonyl (C=O) groups is 2. The van der Waals surface area contributed by atoms with Gasteiger partial charge in [0, 0.05) is 39.8 Å². The van der Waals surface area contributed by atoms with Gasteiger partial charge in [-0.3, -0.25) is 9.59 Å². The highest BCUT2D eigenvalue weighted by atomic mass is 35.5. The summed E-state index contributed by atoms with van der Waals surface area (Å²) in [6.07, 6.45) is 0. The molecule has 3 N–H and O–H groups in total. The minimum atomic E-state index is -4.54. The summed E-state index contributed by atoms with van der Waals surface area (Å²) in [6, 6.07) is 14.6. The van der Waals surface area contributed by atoms with E-state index in [2.05, 4.69) is 5.32 Å². The summed E-state index contributed by atoms with van der Waals surface area (Å²) >= 11 is 12.7. The summed E-state index contributed by atoms with van der Waals surface area (Å²) in [5, 5.41) is 3.03. The number of rotatable bonds is 5. The highest BCUT2D eigenvalue weighted by Crippen LogP contribution is 2.49. The monoisotopic (exact) mass is 519 g/mol. The Hall–Kier alpha value is -3.27. The summed E-state index contributed by atoms with van der Waals surface area (Å²) in [7, 11) is -3.25. The fourth-order valence-corrected chi connectivity index (χ4v) is 6.13. The number of hydrogen-bond acceptors (Lipinski definition) is 6. The molecule has 1 unspecified atom stereocenters. The van der Waals surface area contributed by atoms with E-state index >= 15 is 0 Å². The smallest absolute Gasteiger partial charge is 0.276 e. The maximum atomic E-state index is 14.1. The van der Waals surface area contributed by atoms with Crippen LogP contribution in [0, 0.1) is 0 Å². The lowest BCUT2D eigenvalue weighted by Crippen LogP contribution is -2.54. The molecular formula is C23H19Cl2N3O5S. The second-order valence-corrected chi connectivity index (χ2v) is 10.2. The van der Waals surface area contributed by atoms with Crippen LogP contribution in [0.5, 0.6) is 5.75 Å². The molecule has 0 saturated carbocycles. The standard InChI is InChI=1S/C23H19Cl2N3O5S/c1-13(29)27-23(16-5-3-4-6-18(16)25)17-11-14(24)7-9-19(17)28(22(23)30)34(31,32)21-10-8-15(26)12-20(21)33-2/h3-12H,26H2,1-2H3,(H,27,29). The molecule has 1 heterocycles. The summed E-state index contributed by atoms with van der Waals surface area (Å²) in [4.78, 5) is 26.2. The molecule has 11 heteroatoms. The summed E-state index contributed by atoms with van der Waals surface area (Å²) in [6.45, 7) is 1.22. The van der Waals surface area contributed by atoms with Gasteiger partial charge in [0.15, 0.2) is 5.54 Å². The molecule has 3 aromatic carbocycles. The van der Waals surface area contributed by atoms with Crippen molar-refractivity contribution in [3.8, 4) is 5.75 Å². The molecule has 0 spiro atoms. The van der Waals surface area contributed by atoms with Gasteiger partial charge in [-0.1, -0.05) is 41.4 Å². The van der Waals surface area contributed by atoms with Gasteiger partial charge in [0.1, 0.15) is 10.6 Å². The molecule has 1 aliphatic rings. The van der Waals surface area contributed by atoms with Crippen LogP contribution in [0.1, 0.15) is 18.1 Å². The van der Waals surface area contributed by atoms with Crippen LogP contribution in [0.25, 0.3) is 0 Å². The second kappa shape index (κ2) is 8.50. The Labute approximate surface area is 206 Å². The van der Waals surface area contributed by atoms with E-state index in [1.807, 2.05) is 0 Å². The number of amides is 2. The molecule has 1 aliphatic heterocycles. The van der Waals surface area contributed by atoms with E-state index in [9.17, 15) is 18.0 Å². The maximum Gasteiger partial charge on any atom is 0.276 e. The number of ether oxygens (including phenoxy) is 1. The van der Waals surface area contributed by atoms with Crippen molar-refractivity contribution in [2.45, 2.75) is 17.4 Å². The van der Waals surface area contributed by atoms with E-state index in [1.54, 1.807) is 18.2 Å². The first-order valence-corrected chi connectivity index (χ1v) is 12.1. The summed E-state index contributed by atoms with van der Waals surface area (Å²) in [5.41, 5.74) is 4.48. The number of anilines is 2. The van der Waals surface area contributed by atoms with Crippen molar-refractivity contribution in [1.29, 1.82) is 0 Å². The van der Waals surface area contributed by atoms with Gasteiger partial charge in [-0.05, 0) is 36.4 Å². The SMILES string of the molecule is COc1cc(N)ccc1S(=O)(=O)N1C(=O)C(NC(C)=O)(c2ccccc2Cl)c2cc(Cl)ccc21. The third-order valence-electron chi connectivity index (χ3n) is 5.43. The van der Waals surface area contributed by atoms with Gasteiger partial charge < -0.3 is 15.8 Å². The number of hydrogen-bond donors (Lipinski definition) is 2. The summed E-state index contributed by atoms with van der Waals surface area (Å²) < 4.78 is 33.6. The molecule has 0 aliphatic carbocycles. The van der Waals surface area contributed by atoms with E-state index in [-0.39, 0.29) is 43.2 Å². The van der Waals surface area contributed by atoms with Crippen molar-refractivity contribution in [1.82, 2.24) is 5.32 Å². The maximum absolute atomic E-state index is 14.1. The first kappa shape index (κ1) is 23.9. The highest BCUT2D eigenvalue weighted by Gasteiger charge is 2.57. The lowest BCUT2D eigenvalue weighted by molar-refractivity contribution is -0.128. The van der Waals surface area contributed by atoms with Crippen LogP contribution in [0.2, 0.25) is 10.0 Å². The number of nitrogen functional groups attached to an aromatic ring is 1. The number of nitrogens with zero attached hydrogens (tertiary/aromatic N) is 1. The molecule has 0 fully saturated rings. The lowest BCUT2D eigenvalue weighted by atomic mass is 9.83. The van der Waals surface area contributed by atoms with Crippen LogP contribution in [-0.4, -0.2) is 27.3 Å². The zero-order chi connectivity index (χ0) is 24.8. The molecule has 2 amide bonds. The van der Waals surface area contributed by atoms with Crippen molar-refractivity contribution >= 4 is 56.4 Å². The number of nitrogens with one attached hydrogen (secondary N) is 1. The third-order valence-corrected chi connectivity index (χ3v) is 7.74. The van der Waals surface area contributed by atoms with Crippen LogP contribution < -0.4 is 20.1 Å². The van der Waals surface area contributed by atoms with Crippen LogP contribution in [0.3, 0.4) is 0 Å². The molecule has 0 radical (unpaired) electrons. The largest absolute Gasteiger partial charge is 0.495 e. The van der Waals surface area contributed by atoms with Crippen LogP contribution >= 0.6 is 23.2 Å². The van der Waals surface area contributed by atoms with Crippen LogP contribution in [0.4, 0.5) is 11.4 Å². The van der Waals surface area contributed by atoms with E-state index in [4.69, 9.17) is 33.7 Å². The average molecular weight is 520 g/mol. The molecule has 1 atom stereocenters. The van der Waals surface area contributed by atoms with E-state index in [1.165, 1.54) is 56.5 Å². The van der Waals surface area contributed by atoms with E-state index in [0.29, 0.717) is 4.31 Å². The van der Waals surface area contributed by atoms with E-state index < -0.39 is 27.4 Å². The number of sulfonamides is 1. The normalized spacial score (nSPS) is 17.4. The van der Waals surface area contributed by atoms with Crippen molar-refractivity contribution in [3.63, 3.8) is 0 Å². The van der Waals surface area contributed by atoms with Gasteiger partial charge >= 0.3 is 0 Å². The Morgan fingerprint density at radius 3 is 2.41 bits per heavy atom. The predicted octanol–water partition coefficient (Wildman–Crippen LogP) is 3.70. The Kier molecular flexibility index (Phi) is 5.97. The minimum absolute atomic E-state index is 0.0157. The fourth-order valence-electron chi connectivity index (χ4n) is 4.07. The number of benzene rings is 3. The molecule has 0 aromatic heterocycles. The van der Waals surface area contributed by atoms with Crippen LogP contribution in [0.15, 0.2) is 65.6 Å². The number of fused-ring (bicyclic) bond motifs is 1. The Bertz CT molecular complexity index is 1440. The Balaban J connectivity index is 2.07. The Morgan fingerprint density at radius 2 is 1.76 bits per heavy atom. The Morgan fingerprint density at radius 1 is 1.06 bits per heavy atom. The van der Waals surface area contributed by atoms with Gasteiger partial charge in [-0.2, -0.15) is 4.31 Å². The van der Waals surface area contributed by atoms with Crippen molar-refractivity contribution in [2.75, 3.05) is 17.1 Å². The quantitative estimate of drug-likeness (QED) is 0.496. The minimum Gasteiger partial charge on any atom is -0.495 e. The average Bonchev–Trinajstić information content (AvgIpc) is 3.01.